The Morgan fingerprint density at radius 1 is 1.35 bits per heavy atom. The number of piperidine rings is 1. The van der Waals surface area contributed by atoms with E-state index in [0.717, 1.165) is 5.56 Å². The molecule has 1 aliphatic rings. The van der Waals surface area contributed by atoms with Crippen molar-refractivity contribution in [2.75, 3.05) is 19.7 Å². The minimum absolute atomic E-state index is 0.314. The fraction of sp³-hybridized carbons (Fsp3) is 0.438. The Kier molecular flexibility index (Phi) is 4.65. The first-order valence-corrected chi connectivity index (χ1v) is 6.85. The van der Waals surface area contributed by atoms with E-state index in [2.05, 4.69) is 11.8 Å². The van der Waals surface area contributed by atoms with E-state index in [9.17, 15) is 9.90 Å². The summed E-state index contributed by atoms with van der Waals surface area (Å²) >= 11 is 0. The lowest BCUT2D eigenvalue weighted by atomic mass is 9.92. The van der Waals surface area contributed by atoms with Gasteiger partial charge in [0.25, 0.3) is 0 Å². The quantitative estimate of drug-likeness (QED) is 0.796. The molecule has 20 heavy (non-hydrogen) atoms. The topological polar surface area (TPSA) is 49.8 Å². The molecular weight excluding hydrogens is 254 g/mol. The molecule has 1 heterocycles. The molecule has 0 unspecified atom stereocenters. The van der Waals surface area contributed by atoms with Crippen LogP contribution in [0.15, 0.2) is 30.3 Å². The van der Waals surface area contributed by atoms with Crippen molar-refractivity contribution in [3.8, 4) is 11.8 Å². The molecule has 0 saturated carbocycles. The third-order valence-corrected chi connectivity index (χ3v) is 3.33. The number of hydrogen-bond donors (Lipinski definition) is 1. The van der Waals surface area contributed by atoms with Gasteiger partial charge >= 0.3 is 6.09 Å². The lowest BCUT2D eigenvalue weighted by Gasteiger charge is -2.34. The first kappa shape index (κ1) is 14.4. The molecule has 0 atom stereocenters. The van der Waals surface area contributed by atoms with Gasteiger partial charge in [-0.05, 0) is 19.1 Å². The predicted molar refractivity (Wildman–Crippen MR) is 76.1 cm³/mol. The van der Waals surface area contributed by atoms with Gasteiger partial charge in [0.15, 0.2) is 0 Å². The number of aliphatic hydroxyl groups is 1. The summed E-state index contributed by atoms with van der Waals surface area (Å²) in [7, 11) is 0. The van der Waals surface area contributed by atoms with E-state index in [1.54, 1.807) is 11.8 Å². The van der Waals surface area contributed by atoms with Gasteiger partial charge in [-0.15, -0.1) is 0 Å². The number of likely N-dealkylation sites (tertiary alicyclic amines) is 1. The average molecular weight is 273 g/mol. The van der Waals surface area contributed by atoms with Crippen LogP contribution < -0.4 is 0 Å². The van der Waals surface area contributed by atoms with Crippen LogP contribution in [0.2, 0.25) is 0 Å². The number of ether oxygens (including phenoxy) is 1. The minimum atomic E-state index is -1.02. The van der Waals surface area contributed by atoms with Crippen molar-refractivity contribution in [3.05, 3.63) is 35.9 Å². The van der Waals surface area contributed by atoms with Crippen LogP contribution in [0.4, 0.5) is 4.79 Å². The van der Waals surface area contributed by atoms with Gasteiger partial charge in [-0.3, -0.25) is 0 Å². The van der Waals surface area contributed by atoms with E-state index in [1.807, 2.05) is 30.3 Å². The first-order chi connectivity index (χ1) is 9.63. The summed E-state index contributed by atoms with van der Waals surface area (Å²) in [6.07, 6.45) is 0.586. The standard InChI is InChI=1S/C16H19NO3/c1-2-20-15(18)17-12-10-16(19,11-13-17)9-8-14-6-4-3-5-7-14/h3-7,19H,2,10-13H2,1H3. The summed E-state index contributed by atoms with van der Waals surface area (Å²) in [5.74, 6) is 5.92. The number of benzene rings is 1. The number of carbonyl (C=O) groups is 1. The zero-order valence-electron chi connectivity index (χ0n) is 11.6. The maximum absolute atomic E-state index is 11.6. The van der Waals surface area contributed by atoms with Crippen LogP contribution in [0.25, 0.3) is 0 Å². The summed E-state index contributed by atoms with van der Waals surface area (Å²) in [4.78, 5) is 13.2. The van der Waals surface area contributed by atoms with Crippen molar-refractivity contribution < 1.29 is 14.6 Å². The summed E-state index contributed by atoms with van der Waals surface area (Å²) in [6, 6.07) is 9.57. The van der Waals surface area contributed by atoms with E-state index in [4.69, 9.17) is 4.74 Å². The molecule has 0 aromatic heterocycles. The van der Waals surface area contributed by atoms with Gasteiger partial charge in [-0.25, -0.2) is 4.79 Å². The molecule has 106 valence electrons. The summed E-state index contributed by atoms with van der Waals surface area (Å²) in [5, 5.41) is 10.4. The molecule has 0 spiro atoms. The van der Waals surface area contributed by atoms with Crippen molar-refractivity contribution >= 4 is 6.09 Å². The van der Waals surface area contributed by atoms with Crippen molar-refractivity contribution in [1.29, 1.82) is 0 Å². The number of amides is 1. The molecule has 1 amide bonds. The van der Waals surface area contributed by atoms with Crippen LogP contribution in [0.1, 0.15) is 25.3 Å². The minimum Gasteiger partial charge on any atom is -0.450 e. The predicted octanol–water partition coefficient (Wildman–Crippen LogP) is 2.02. The Bertz CT molecular complexity index is 508. The summed E-state index contributed by atoms with van der Waals surface area (Å²) < 4.78 is 4.95. The number of hydrogen-bond acceptors (Lipinski definition) is 3. The number of carbonyl (C=O) groups excluding carboxylic acids is 1. The zero-order chi connectivity index (χ0) is 14.4. The molecule has 1 aromatic rings. The number of rotatable bonds is 1. The van der Waals surface area contributed by atoms with Crippen molar-refractivity contribution in [3.63, 3.8) is 0 Å². The normalized spacial score (nSPS) is 17.0. The highest BCUT2D eigenvalue weighted by molar-refractivity contribution is 5.67. The Labute approximate surface area is 119 Å². The molecule has 1 saturated heterocycles. The fourth-order valence-corrected chi connectivity index (χ4v) is 2.11. The third kappa shape index (κ3) is 3.75. The maximum Gasteiger partial charge on any atom is 0.409 e. The van der Waals surface area contributed by atoms with E-state index in [0.29, 0.717) is 32.5 Å². The van der Waals surface area contributed by atoms with Gasteiger partial charge in [0.1, 0.15) is 5.60 Å². The molecule has 0 bridgehead atoms. The highest BCUT2D eigenvalue weighted by atomic mass is 16.6. The van der Waals surface area contributed by atoms with Crippen LogP contribution in [-0.4, -0.2) is 41.4 Å². The van der Waals surface area contributed by atoms with Crippen LogP contribution in [0.3, 0.4) is 0 Å². The van der Waals surface area contributed by atoms with Gasteiger partial charge in [0.05, 0.1) is 6.61 Å². The highest BCUT2D eigenvalue weighted by Crippen LogP contribution is 2.22. The molecule has 2 rings (SSSR count). The van der Waals surface area contributed by atoms with Crippen molar-refractivity contribution in [1.82, 2.24) is 4.90 Å². The fourth-order valence-electron chi connectivity index (χ4n) is 2.11. The van der Waals surface area contributed by atoms with E-state index >= 15 is 0 Å². The lowest BCUT2D eigenvalue weighted by Crippen LogP contribution is -2.46. The SMILES string of the molecule is CCOC(=O)N1CCC(O)(C#Cc2ccccc2)CC1. The maximum atomic E-state index is 11.6. The lowest BCUT2D eigenvalue weighted by molar-refractivity contribution is 0.0228. The highest BCUT2D eigenvalue weighted by Gasteiger charge is 2.32. The second kappa shape index (κ2) is 6.44. The smallest absolute Gasteiger partial charge is 0.409 e. The second-order valence-electron chi connectivity index (χ2n) is 4.83. The van der Waals surface area contributed by atoms with Gasteiger partial charge in [0.2, 0.25) is 0 Å². The van der Waals surface area contributed by atoms with Crippen LogP contribution >= 0.6 is 0 Å². The van der Waals surface area contributed by atoms with Gasteiger partial charge in [-0.2, -0.15) is 0 Å². The molecule has 1 fully saturated rings. The van der Waals surface area contributed by atoms with Crippen LogP contribution in [0.5, 0.6) is 0 Å². The monoisotopic (exact) mass is 273 g/mol. The second-order valence-corrected chi connectivity index (χ2v) is 4.83. The average Bonchev–Trinajstić information content (AvgIpc) is 2.47. The van der Waals surface area contributed by atoms with Gasteiger partial charge < -0.3 is 14.7 Å². The molecule has 1 aliphatic heterocycles. The Morgan fingerprint density at radius 2 is 2.00 bits per heavy atom. The van der Waals surface area contributed by atoms with E-state index in [1.165, 1.54) is 0 Å². The van der Waals surface area contributed by atoms with Gasteiger partial charge in [-0.1, -0.05) is 30.0 Å². The van der Waals surface area contributed by atoms with E-state index in [-0.39, 0.29) is 6.09 Å². The molecule has 0 radical (unpaired) electrons. The van der Waals surface area contributed by atoms with E-state index < -0.39 is 5.60 Å². The van der Waals surface area contributed by atoms with Crippen LogP contribution in [-0.2, 0) is 4.74 Å². The van der Waals surface area contributed by atoms with Crippen molar-refractivity contribution in [2.24, 2.45) is 0 Å². The summed E-state index contributed by atoms with van der Waals surface area (Å²) in [6.45, 7) is 3.09. The Hall–Kier alpha value is -1.99. The third-order valence-electron chi connectivity index (χ3n) is 3.33. The zero-order valence-corrected chi connectivity index (χ0v) is 11.6. The van der Waals surface area contributed by atoms with Crippen molar-refractivity contribution in [2.45, 2.75) is 25.4 Å². The van der Waals surface area contributed by atoms with Crippen LogP contribution in [0, 0.1) is 11.8 Å². The Balaban J connectivity index is 1.95. The Morgan fingerprint density at radius 3 is 2.60 bits per heavy atom. The largest absolute Gasteiger partial charge is 0.450 e. The van der Waals surface area contributed by atoms with Gasteiger partial charge in [0, 0.05) is 31.5 Å². The molecular formula is C16H19NO3. The molecule has 4 nitrogen and oxygen atoms in total. The molecule has 1 N–H and O–H groups in total. The molecule has 0 aliphatic carbocycles. The molecule has 1 aromatic carbocycles. The molecule has 4 heteroatoms. The summed E-state index contributed by atoms with van der Waals surface area (Å²) in [5.41, 5.74) is -0.132. The number of nitrogens with zero attached hydrogens (tertiary/aromatic N) is 1. The first-order valence-electron chi connectivity index (χ1n) is 6.85.